The highest BCUT2D eigenvalue weighted by atomic mass is 15.3. The highest BCUT2D eigenvalue weighted by molar-refractivity contribution is 5.39. The molecule has 2 rings (SSSR count). The molecule has 1 atom stereocenters. The van der Waals surface area contributed by atoms with Gasteiger partial charge in [-0.3, -0.25) is 4.68 Å². The Balaban J connectivity index is 2.35. The number of benzene rings is 1. The van der Waals surface area contributed by atoms with Gasteiger partial charge in [0.15, 0.2) is 0 Å². The Morgan fingerprint density at radius 1 is 1.25 bits per heavy atom. The number of aromatic nitrogens is 2. The fraction of sp³-hybridized carbons (Fsp3) is 0.471. The Hall–Kier alpha value is -1.61. The lowest BCUT2D eigenvalue weighted by Gasteiger charge is -2.25. The molecule has 0 radical (unpaired) electrons. The quantitative estimate of drug-likeness (QED) is 0.922. The molecule has 0 fully saturated rings. The molecule has 0 saturated carbocycles. The van der Waals surface area contributed by atoms with Gasteiger partial charge in [0, 0.05) is 18.3 Å². The highest BCUT2D eigenvalue weighted by Crippen LogP contribution is 2.31. The molecule has 0 saturated heterocycles. The zero-order valence-corrected chi connectivity index (χ0v) is 12.9. The molecular weight excluding hydrogens is 246 g/mol. The van der Waals surface area contributed by atoms with Crippen LogP contribution in [0.2, 0.25) is 0 Å². The Morgan fingerprint density at radius 2 is 1.95 bits per heavy atom. The number of hydrogen-bond donors (Lipinski definition) is 1. The van der Waals surface area contributed by atoms with Crippen LogP contribution in [0, 0.1) is 0 Å². The van der Waals surface area contributed by atoms with Gasteiger partial charge < -0.3 is 5.73 Å². The molecule has 2 aromatic rings. The molecule has 0 aliphatic rings. The molecule has 1 heterocycles. The van der Waals surface area contributed by atoms with Gasteiger partial charge in [0.2, 0.25) is 0 Å². The Bertz CT molecular complexity index is 564. The Kier molecular flexibility index (Phi) is 4.29. The second-order valence-electron chi connectivity index (χ2n) is 6.35. The largest absolute Gasteiger partial charge is 0.320 e. The normalized spacial score (nSPS) is 13.4. The highest BCUT2D eigenvalue weighted by Gasteiger charge is 2.22. The molecule has 0 amide bonds. The summed E-state index contributed by atoms with van der Waals surface area (Å²) < 4.78 is 1.97. The molecule has 20 heavy (non-hydrogen) atoms. The maximum atomic E-state index is 6.47. The maximum Gasteiger partial charge on any atom is 0.0585 e. The summed E-state index contributed by atoms with van der Waals surface area (Å²) in [5, 5.41) is 4.38. The molecule has 3 heteroatoms. The van der Waals surface area contributed by atoms with Crippen LogP contribution in [-0.4, -0.2) is 9.78 Å². The van der Waals surface area contributed by atoms with Gasteiger partial charge in [-0.2, -0.15) is 5.10 Å². The SMILES string of the molecule is CCCn1cc(C(N)c2ccccc2C(C)(C)C)cn1. The third-order valence-electron chi connectivity index (χ3n) is 3.57. The van der Waals surface area contributed by atoms with Gasteiger partial charge in [-0.15, -0.1) is 0 Å². The first-order valence-electron chi connectivity index (χ1n) is 7.31. The lowest BCUT2D eigenvalue weighted by molar-refractivity contribution is 0.577. The summed E-state index contributed by atoms with van der Waals surface area (Å²) in [5.74, 6) is 0. The van der Waals surface area contributed by atoms with Gasteiger partial charge >= 0.3 is 0 Å². The minimum Gasteiger partial charge on any atom is -0.320 e. The maximum absolute atomic E-state index is 6.47. The van der Waals surface area contributed by atoms with E-state index in [1.165, 1.54) is 11.1 Å². The van der Waals surface area contributed by atoms with Crippen molar-refractivity contribution in [1.82, 2.24) is 9.78 Å². The standard InChI is InChI=1S/C17H25N3/c1-5-10-20-12-13(11-19-20)16(18)14-8-6-7-9-15(14)17(2,3)4/h6-9,11-12,16H,5,10,18H2,1-4H3. The summed E-state index contributed by atoms with van der Waals surface area (Å²) in [7, 11) is 0. The molecule has 3 nitrogen and oxygen atoms in total. The van der Waals surface area contributed by atoms with Gasteiger partial charge in [-0.25, -0.2) is 0 Å². The summed E-state index contributed by atoms with van der Waals surface area (Å²) in [6, 6.07) is 8.32. The summed E-state index contributed by atoms with van der Waals surface area (Å²) >= 11 is 0. The van der Waals surface area contributed by atoms with Crippen LogP contribution in [-0.2, 0) is 12.0 Å². The van der Waals surface area contributed by atoms with Crippen molar-refractivity contribution >= 4 is 0 Å². The molecule has 0 aliphatic carbocycles. The van der Waals surface area contributed by atoms with Crippen LogP contribution in [0.4, 0.5) is 0 Å². The number of hydrogen-bond acceptors (Lipinski definition) is 2. The Labute approximate surface area is 121 Å². The van der Waals surface area contributed by atoms with E-state index in [4.69, 9.17) is 5.73 Å². The van der Waals surface area contributed by atoms with Crippen molar-refractivity contribution in [3.63, 3.8) is 0 Å². The monoisotopic (exact) mass is 271 g/mol. The van der Waals surface area contributed by atoms with E-state index in [-0.39, 0.29) is 11.5 Å². The number of nitrogens with two attached hydrogens (primary N) is 1. The summed E-state index contributed by atoms with van der Waals surface area (Å²) in [6.45, 7) is 9.75. The molecule has 0 spiro atoms. The van der Waals surface area contributed by atoms with Crippen molar-refractivity contribution in [2.75, 3.05) is 0 Å². The topological polar surface area (TPSA) is 43.8 Å². The second-order valence-corrected chi connectivity index (χ2v) is 6.35. The van der Waals surface area contributed by atoms with Gasteiger partial charge in [0.1, 0.15) is 0 Å². The van der Waals surface area contributed by atoms with Crippen molar-refractivity contribution in [2.24, 2.45) is 5.73 Å². The zero-order valence-electron chi connectivity index (χ0n) is 12.9. The van der Waals surface area contributed by atoms with E-state index in [0.29, 0.717) is 0 Å². The van der Waals surface area contributed by atoms with Crippen molar-refractivity contribution in [3.05, 3.63) is 53.3 Å². The summed E-state index contributed by atoms with van der Waals surface area (Å²) in [6.07, 6.45) is 5.03. The fourth-order valence-electron chi connectivity index (χ4n) is 2.52. The predicted molar refractivity (Wildman–Crippen MR) is 83.7 cm³/mol. The smallest absolute Gasteiger partial charge is 0.0585 e. The molecular formula is C17H25N3. The van der Waals surface area contributed by atoms with Crippen LogP contribution >= 0.6 is 0 Å². The second kappa shape index (κ2) is 5.80. The van der Waals surface area contributed by atoms with Crippen LogP contribution in [0.25, 0.3) is 0 Å². The molecule has 1 aromatic carbocycles. The molecule has 1 aromatic heterocycles. The van der Waals surface area contributed by atoms with Crippen molar-refractivity contribution in [2.45, 2.75) is 52.1 Å². The molecule has 2 N–H and O–H groups in total. The van der Waals surface area contributed by atoms with Crippen LogP contribution < -0.4 is 5.73 Å². The third kappa shape index (κ3) is 3.10. The molecule has 1 unspecified atom stereocenters. The first-order valence-corrected chi connectivity index (χ1v) is 7.31. The van der Waals surface area contributed by atoms with Gasteiger partial charge in [-0.1, -0.05) is 52.0 Å². The first-order chi connectivity index (χ1) is 9.43. The number of aryl methyl sites for hydroxylation is 1. The fourth-order valence-corrected chi connectivity index (χ4v) is 2.52. The van der Waals surface area contributed by atoms with E-state index >= 15 is 0 Å². The number of rotatable bonds is 4. The lowest BCUT2D eigenvalue weighted by Crippen LogP contribution is -2.20. The average Bonchev–Trinajstić information content (AvgIpc) is 2.86. The van der Waals surface area contributed by atoms with Crippen LogP contribution in [0.15, 0.2) is 36.7 Å². The van der Waals surface area contributed by atoms with Crippen LogP contribution in [0.5, 0.6) is 0 Å². The van der Waals surface area contributed by atoms with E-state index in [2.05, 4.69) is 63.3 Å². The van der Waals surface area contributed by atoms with Crippen molar-refractivity contribution in [1.29, 1.82) is 0 Å². The third-order valence-corrected chi connectivity index (χ3v) is 3.57. The van der Waals surface area contributed by atoms with E-state index in [1.807, 2.05) is 10.9 Å². The van der Waals surface area contributed by atoms with E-state index < -0.39 is 0 Å². The molecule has 0 bridgehead atoms. The van der Waals surface area contributed by atoms with Gasteiger partial charge in [0.25, 0.3) is 0 Å². The van der Waals surface area contributed by atoms with Gasteiger partial charge in [-0.05, 0) is 23.0 Å². The van der Waals surface area contributed by atoms with Crippen LogP contribution in [0.3, 0.4) is 0 Å². The first kappa shape index (κ1) is 14.8. The number of nitrogens with zero attached hydrogens (tertiary/aromatic N) is 2. The Morgan fingerprint density at radius 3 is 2.60 bits per heavy atom. The lowest BCUT2D eigenvalue weighted by atomic mass is 9.81. The summed E-state index contributed by atoms with van der Waals surface area (Å²) in [4.78, 5) is 0. The zero-order chi connectivity index (χ0) is 14.8. The van der Waals surface area contributed by atoms with E-state index in [0.717, 1.165) is 18.5 Å². The minimum absolute atomic E-state index is 0.0909. The molecule has 0 aliphatic heterocycles. The van der Waals surface area contributed by atoms with Crippen molar-refractivity contribution in [3.8, 4) is 0 Å². The summed E-state index contributed by atoms with van der Waals surface area (Å²) in [5.41, 5.74) is 10.1. The van der Waals surface area contributed by atoms with E-state index in [1.54, 1.807) is 0 Å². The molecule has 108 valence electrons. The average molecular weight is 271 g/mol. The van der Waals surface area contributed by atoms with E-state index in [9.17, 15) is 0 Å². The van der Waals surface area contributed by atoms with Crippen LogP contribution in [0.1, 0.15) is 56.8 Å². The minimum atomic E-state index is -0.115. The van der Waals surface area contributed by atoms with Crippen molar-refractivity contribution < 1.29 is 0 Å². The van der Waals surface area contributed by atoms with Gasteiger partial charge in [0.05, 0.1) is 12.2 Å². The predicted octanol–water partition coefficient (Wildman–Crippen LogP) is 3.64.